The number of aromatic nitrogens is 1. The average Bonchev–Trinajstić information content (AvgIpc) is 2.95. The van der Waals surface area contributed by atoms with Crippen LogP contribution in [0.1, 0.15) is 18.4 Å². The van der Waals surface area contributed by atoms with E-state index in [9.17, 15) is 4.79 Å². The lowest BCUT2D eigenvalue weighted by Crippen LogP contribution is -2.18. The highest BCUT2D eigenvalue weighted by atomic mass is 35.5. The topological polar surface area (TPSA) is 54.0 Å². The van der Waals surface area contributed by atoms with Gasteiger partial charge in [0.25, 0.3) is 0 Å². The molecule has 1 fully saturated rings. The van der Waals surface area contributed by atoms with Crippen molar-refractivity contribution in [3.63, 3.8) is 0 Å². The lowest BCUT2D eigenvalue weighted by molar-refractivity contribution is -0.116. The van der Waals surface area contributed by atoms with Crippen LogP contribution in [-0.4, -0.2) is 24.0 Å². The van der Waals surface area contributed by atoms with Crippen molar-refractivity contribution < 1.29 is 4.79 Å². The average molecular weight is 342 g/mol. The quantitative estimate of drug-likeness (QED) is 0.900. The highest BCUT2D eigenvalue weighted by Crippen LogP contribution is 2.25. The molecule has 120 valence electrons. The van der Waals surface area contributed by atoms with Gasteiger partial charge in [0.15, 0.2) is 0 Å². The van der Waals surface area contributed by atoms with Crippen molar-refractivity contribution in [2.45, 2.75) is 19.8 Å². The van der Waals surface area contributed by atoms with Crippen molar-refractivity contribution >= 4 is 47.3 Å². The van der Waals surface area contributed by atoms with Crippen LogP contribution in [0.25, 0.3) is 10.9 Å². The molecule has 0 radical (unpaired) electrons. The Balaban J connectivity index is 0.00000121. The normalized spacial score (nSPS) is 16.7. The van der Waals surface area contributed by atoms with Crippen molar-refractivity contribution in [3.8, 4) is 0 Å². The third kappa shape index (κ3) is 4.09. The van der Waals surface area contributed by atoms with E-state index in [0.717, 1.165) is 41.7 Å². The molecule has 0 saturated carbocycles. The van der Waals surface area contributed by atoms with Crippen molar-refractivity contribution in [1.82, 2.24) is 10.3 Å². The SMILES string of the molecule is Cc1ccc(NC(=O)CC2CCNC2)c2cccnc12.Cl.Cl. The van der Waals surface area contributed by atoms with E-state index in [0.29, 0.717) is 12.3 Å². The van der Waals surface area contributed by atoms with E-state index in [-0.39, 0.29) is 30.7 Å². The van der Waals surface area contributed by atoms with Crippen LogP contribution in [0.5, 0.6) is 0 Å². The molecule has 0 spiro atoms. The van der Waals surface area contributed by atoms with Gasteiger partial charge in [0.05, 0.1) is 11.2 Å². The van der Waals surface area contributed by atoms with E-state index < -0.39 is 0 Å². The zero-order valence-corrected chi connectivity index (χ0v) is 14.1. The van der Waals surface area contributed by atoms with Gasteiger partial charge in [-0.3, -0.25) is 9.78 Å². The Morgan fingerprint density at radius 2 is 2.18 bits per heavy atom. The van der Waals surface area contributed by atoms with E-state index in [1.165, 1.54) is 0 Å². The summed E-state index contributed by atoms with van der Waals surface area (Å²) in [7, 11) is 0. The molecule has 1 aromatic carbocycles. The molecular weight excluding hydrogens is 321 g/mol. The number of benzene rings is 1. The predicted molar refractivity (Wildman–Crippen MR) is 95.2 cm³/mol. The molecule has 2 heterocycles. The number of amides is 1. The predicted octanol–water partition coefficient (Wildman–Crippen LogP) is 3.32. The Morgan fingerprint density at radius 1 is 1.36 bits per heavy atom. The number of halogens is 2. The summed E-state index contributed by atoms with van der Waals surface area (Å²) in [4.78, 5) is 16.5. The fourth-order valence-corrected chi connectivity index (χ4v) is 2.78. The van der Waals surface area contributed by atoms with Crippen LogP contribution in [0, 0.1) is 12.8 Å². The Labute approximate surface area is 142 Å². The Morgan fingerprint density at radius 3 is 2.91 bits per heavy atom. The molecule has 6 heteroatoms. The number of hydrogen-bond acceptors (Lipinski definition) is 3. The second kappa shape index (κ2) is 8.32. The Kier molecular flexibility index (Phi) is 7.07. The fourth-order valence-electron chi connectivity index (χ4n) is 2.78. The van der Waals surface area contributed by atoms with Crippen LogP contribution < -0.4 is 10.6 Å². The first-order valence-corrected chi connectivity index (χ1v) is 7.09. The smallest absolute Gasteiger partial charge is 0.224 e. The fraction of sp³-hybridized carbons (Fsp3) is 0.375. The number of rotatable bonds is 3. The molecular formula is C16H21Cl2N3O. The van der Waals surface area contributed by atoms with Crippen LogP contribution in [0.3, 0.4) is 0 Å². The summed E-state index contributed by atoms with van der Waals surface area (Å²) in [5.74, 6) is 0.553. The van der Waals surface area contributed by atoms with Crippen LogP contribution in [0.15, 0.2) is 30.5 Å². The number of pyridine rings is 1. The lowest BCUT2D eigenvalue weighted by Gasteiger charge is -2.12. The maximum Gasteiger partial charge on any atom is 0.224 e. The third-order valence-electron chi connectivity index (χ3n) is 3.88. The number of fused-ring (bicyclic) bond motifs is 1. The van der Waals surface area contributed by atoms with Crippen LogP contribution in [0.2, 0.25) is 0 Å². The maximum absolute atomic E-state index is 12.1. The largest absolute Gasteiger partial charge is 0.325 e. The van der Waals surface area contributed by atoms with Crippen molar-refractivity contribution in [3.05, 3.63) is 36.0 Å². The second-order valence-electron chi connectivity index (χ2n) is 5.44. The number of hydrogen-bond donors (Lipinski definition) is 2. The molecule has 2 N–H and O–H groups in total. The van der Waals surface area contributed by atoms with Crippen molar-refractivity contribution in [2.75, 3.05) is 18.4 Å². The van der Waals surface area contributed by atoms with E-state index in [1.807, 2.05) is 31.2 Å². The summed E-state index contributed by atoms with van der Waals surface area (Å²) < 4.78 is 0. The van der Waals surface area contributed by atoms with Gasteiger partial charge in [-0.25, -0.2) is 0 Å². The van der Waals surface area contributed by atoms with E-state index in [1.54, 1.807) is 6.20 Å². The molecule has 1 unspecified atom stereocenters. The highest BCUT2D eigenvalue weighted by Gasteiger charge is 2.18. The van der Waals surface area contributed by atoms with Gasteiger partial charge in [-0.05, 0) is 56.1 Å². The number of carbonyl (C=O) groups excluding carboxylic acids is 1. The number of aryl methyl sites for hydroxylation is 1. The number of nitrogens with one attached hydrogen (secondary N) is 2. The minimum Gasteiger partial charge on any atom is -0.325 e. The highest BCUT2D eigenvalue weighted by molar-refractivity contribution is 6.01. The first-order chi connectivity index (χ1) is 9.74. The second-order valence-corrected chi connectivity index (χ2v) is 5.44. The molecule has 22 heavy (non-hydrogen) atoms. The van der Waals surface area contributed by atoms with Crippen molar-refractivity contribution in [1.29, 1.82) is 0 Å². The summed E-state index contributed by atoms with van der Waals surface area (Å²) in [5, 5.41) is 7.33. The van der Waals surface area contributed by atoms with E-state index >= 15 is 0 Å². The van der Waals surface area contributed by atoms with Crippen LogP contribution >= 0.6 is 24.8 Å². The molecule has 1 amide bonds. The van der Waals surface area contributed by atoms with Gasteiger partial charge in [0.2, 0.25) is 5.91 Å². The molecule has 3 rings (SSSR count). The first kappa shape index (κ1) is 18.7. The molecule has 0 aliphatic carbocycles. The van der Waals surface area contributed by atoms with Crippen molar-refractivity contribution in [2.24, 2.45) is 5.92 Å². The summed E-state index contributed by atoms with van der Waals surface area (Å²) >= 11 is 0. The van der Waals surface area contributed by atoms with Gasteiger partial charge in [0, 0.05) is 18.0 Å². The molecule has 1 aliphatic heterocycles. The van der Waals surface area contributed by atoms with E-state index in [4.69, 9.17) is 0 Å². The third-order valence-corrected chi connectivity index (χ3v) is 3.88. The van der Waals surface area contributed by atoms with Gasteiger partial charge in [-0.2, -0.15) is 0 Å². The first-order valence-electron chi connectivity index (χ1n) is 7.09. The van der Waals surface area contributed by atoms with Gasteiger partial charge >= 0.3 is 0 Å². The standard InChI is InChI=1S/C16H19N3O.2ClH/c1-11-4-5-14(13-3-2-7-18-16(11)13)19-15(20)9-12-6-8-17-10-12;;/h2-5,7,12,17H,6,8-10H2,1H3,(H,19,20);2*1H. The zero-order chi connectivity index (χ0) is 13.9. The van der Waals surface area contributed by atoms with Gasteiger partial charge in [-0.15, -0.1) is 24.8 Å². The maximum atomic E-state index is 12.1. The number of nitrogens with zero attached hydrogens (tertiary/aromatic N) is 1. The molecule has 2 aromatic rings. The summed E-state index contributed by atoms with van der Waals surface area (Å²) in [5.41, 5.74) is 2.93. The Bertz CT molecular complexity index is 642. The molecule has 1 atom stereocenters. The zero-order valence-electron chi connectivity index (χ0n) is 12.5. The molecule has 1 saturated heterocycles. The molecule has 1 aliphatic rings. The van der Waals surface area contributed by atoms with Crippen LogP contribution in [-0.2, 0) is 4.79 Å². The molecule has 0 bridgehead atoms. The molecule has 4 nitrogen and oxygen atoms in total. The van der Waals surface area contributed by atoms with Gasteiger partial charge < -0.3 is 10.6 Å². The molecule has 1 aromatic heterocycles. The van der Waals surface area contributed by atoms with Gasteiger partial charge in [0.1, 0.15) is 0 Å². The minimum absolute atomic E-state index is 0. The monoisotopic (exact) mass is 341 g/mol. The lowest BCUT2D eigenvalue weighted by atomic mass is 10.0. The van der Waals surface area contributed by atoms with Gasteiger partial charge in [-0.1, -0.05) is 6.07 Å². The van der Waals surface area contributed by atoms with Crippen LogP contribution in [0.4, 0.5) is 5.69 Å². The minimum atomic E-state index is 0. The summed E-state index contributed by atoms with van der Waals surface area (Å²) in [6.07, 6.45) is 3.46. The number of carbonyl (C=O) groups is 1. The number of anilines is 1. The Hall–Kier alpha value is -1.36. The van der Waals surface area contributed by atoms with E-state index in [2.05, 4.69) is 15.6 Å². The summed E-state index contributed by atoms with van der Waals surface area (Å²) in [6.45, 7) is 4.00. The summed E-state index contributed by atoms with van der Waals surface area (Å²) in [6, 6.07) is 7.87.